The first-order valence-electron chi connectivity index (χ1n) is 4.85. The first-order valence-corrected chi connectivity index (χ1v) is 4.85. The average Bonchev–Trinajstić information content (AvgIpc) is 2.78. The standard InChI is InChI=1S/C8H12N6O3/c1-4-17-6(16)8(3,5(2)15)12-9-7-10-13-14-11-7/h4H2,1-3H3,(H,10,11,13,14)/t8-/m0/s1. The molecule has 1 aromatic heterocycles. The van der Waals surface area contributed by atoms with Gasteiger partial charge in [0.15, 0.2) is 5.78 Å². The molecule has 9 nitrogen and oxygen atoms in total. The number of esters is 1. The number of hydrogen-bond donors (Lipinski definition) is 1. The molecule has 17 heavy (non-hydrogen) atoms. The molecule has 1 rings (SSSR count). The Balaban J connectivity index is 2.93. The average molecular weight is 240 g/mol. The number of ketones is 1. The lowest BCUT2D eigenvalue weighted by atomic mass is 9.99. The predicted octanol–water partition coefficient (Wildman–Crippen LogP) is 0.194. The smallest absolute Gasteiger partial charge is 0.343 e. The largest absolute Gasteiger partial charge is 0.464 e. The summed E-state index contributed by atoms with van der Waals surface area (Å²) in [7, 11) is 0. The number of azo groups is 1. The van der Waals surface area contributed by atoms with Crippen LogP contribution in [0.4, 0.5) is 5.95 Å². The lowest BCUT2D eigenvalue weighted by molar-refractivity contribution is -0.152. The highest BCUT2D eigenvalue weighted by Gasteiger charge is 2.40. The summed E-state index contributed by atoms with van der Waals surface area (Å²) in [6.45, 7) is 4.33. The number of nitrogens with one attached hydrogen (secondary N) is 1. The number of nitrogens with zero attached hydrogens (tertiary/aromatic N) is 5. The summed E-state index contributed by atoms with van der Waals surface area (Å²) in [5.74, 6) is -1.32. The summed E-state index contributed by atoms with van der Waals surface area (Å²) in [5.41, 5.74) is -1.68. The zero-order valence-corrected chi connectivity index (χ0v) is 9.67. The molecule has 0 aliphatic heterocycles. The molecule has 0 fully saturated rings. The van der Waals surface area contributed by atoms with Crippen LogP contribution in [0.1, 0.15) is 20.8 Å². The van der Waals surface area contributed by atoms with Crippen LogP contribution in [0.25, 0.3) is 0 Å². The SMILES string of the molecule is CCOC(=O)[C@@](C)(N=Nc1nn[nH]n1)C(C)=O. The summed E-state index contributed by atoms with van der Waals surface area (Å²) >= 11 is 0. The molecule has 0 radical (unpaired) electrons. The molecule has 0 spiro atoms. The van der Waals surface area contributed by atoms with Gasteiger partial charge in [0.05, 0.1) is 6.61 Å². The molecule has 92 valence electrons. The van der Waals surface area contributed by atoms with Gasteiger partial charge in [-0.25, -0.2) is 4.79 Å². The number of tetrazole rings is 1. The van der Waals surface area contributed by atoms with E-state index in [1.165, 1.54) is 13.8 Å². The van der Waals surface area contributed by atoms with Crippen LogP contribution in [0.3, 0.4) is 0 Å². The monoisotopic (exact) mass is 240 g/mol. The normalized spacial score (nSPS) is 14.5. The molecular weight excluding hydrogens is 228 g/mol. The molecule has 1 N–H and O–H groups in total. The molecule has 0 unspecified atom stereocenters. The third-order valence-corrected chi connectivity index (χ3v) is 2.03. The van der Waals surface area contributed by atoms with Crippen LogP contribution in [0.5, 0.6) is 0 Å². The highest BCUT2D eigenvalue weighted by molar-refractivity contribution is 6.07. The first-order chi connectivity index (χ1) is 8.00. The predicted molar refractivity (Wildman–Crippen MR) is 54.4 cm³/mol. The third-order valence-electron chi connectivity index (χ3n) is 2.03. The van der Waals surface area contributed by atoms with Gasteiger partial charge in [0.2, 0.25) is 5.54 Å². The van der Waals surface area contributed by atoms with E-state index in [2.05, 4.69) is 30.9 Å². The van der Waals surface area contributed by atoms with Crippen LogP contribution < -0.4 is 0 Å². The van der Waals surface area contributed by atoms with Gasteiger partial charge in [0.25, 0.3) is 0 Å². The number of rotatable bonds is 5. The van der Waals surface area contributed by atoms with E-state index in [9.17, 15) is 9.59 Å². The maximum atomic E-state index is 11.6. The van der Waals surface area contributed by atoms with Crippen molar-refractivity contribution in [2.75, 3.05) is 6.61 Å². The Labute approximate surface area is 96.6 Å². The lowest BCUT2D eigenvalue weighted by Crippen LogP contribution is -2.41. The number of aromatic nitrogens is 4. The summed E-state index contributed by atoms with van der Waals surface area (Å²) in [4.78, 5) is 23.0. The first kappa shape index (κ1) is 12.9. The van der Waals surface area contributed by atoms with E-state index in [4.69, 9.17) is 4.74 Å². The highest BCUT2D eigenvalue weighted by atomic mass is 16.5. The molecular formula is C8H12N6O3. The van der Waals surface area contributed by atoms with Crippen molar-refractivity contribution in [2.45, 2.75) is 26.3 Å². The van der Waals surface area contributed by atoms with Gasteiger partial charge in [-0.05, 0) is 26.0 Å². The van der Waals surface area contributed by atoms with Gasteiger partial charge in [-0.15, -0.1) is 10.2 Å². The minimum absolute atomic E-state index is 0.0678. The molecule has 1 heterocycles. The Hall–Kier alpha value is -2.19. The fourth-order valence-electron chi connectivity index (χ4n) is 0.870. The third kappa shape index (κ3) is 2.89. The van der Waals surface area contributed by atoms with Gasteiger partial charge in [0.1, 0.15) is 0 Å². The van der Waals surface area contributed by atoms with Crippen LogP contribution in [0, 0.1) is 0 Å². The quantitative estimate of drug-likeness (QED) is 0.445. The minimum Gasteiger partial charge on any atom is -0.464 e. The fourth-order valence-corrected chi connectivity index (χ4v) is 0.870. The van der Waals surface area contributed by atoms with E-state index in [1.807, 2.05) is 0 Å². The summed E-state index contributed by atoms with van der Waals surface area (Å²) < 4.78 is 4.76. The Morgan fingerprint density at radius 3 is 2.71 bits per heavy atom. The number of aromatic amines is 1. The molecule has 0 saturated heterocycles. The van der Waals surface area contributed by atoms with Gasteiger partial charge in [-0.1, -0.05) is 5.10 Å². The molecule has 1 aromatic rings. The topological polar surface area (TPSA) is 123 Å². The molecule has 0 aliphatic carbocycles. The Bertz CT molecular complexity index is 428. The molecule has 1 atom stereocenters. The van der Waals surface area contributed by atoms with E-state index in [1.54, 1.807) is 6.92 Å². The van der Waals surface area contributed by atoms with Crippen molar-refractivity contribution >= 4 is 17.7 Å². The fraction of sp³-hybridized carbons (Fsp3) is 0.625. The number of Topliss-reactive ketones (excluding diaryl/α,β-unsaturated/α-hetero) is 1. The molecule has 9 heteroatoms. The highest BCUT2D eigenvalue weighted by Crippen LogP contribution is 2.17. The van der Waals surface area contributed by atoms with Crippen LogP contribution >= 0.6 is 0 Å². The molecule has 0 aromatic carbocycles. The summed E-state index contributed by atoms with van der Waals surface area (Å²) in [6, 6.07) is 0. The molecule has 0 saturated carbocycles. The van der Waals surface area contributed by atoms with Crippen molar-refractivity contribution in [2.24, 2.45) is 10.2 Å². The van der Waals surface area contributed by atoms with Crippen LogP contribution in [-0.2, 0) is 14.3 Å². The molecule has 0 amide bonds. The second-order valence-corrected chi connectivity index (χ2v) is 3.26. The van der Waals surface area contributed by atoms with Crippen molar-refractivity contribution in [1.82, 2.24) is 20.6 Å². The number of ether oxygens (including phenoxy) is 1. The van der Waals surface area contributed by atoms with E-state index in [0.717, 1.165) is 0 Å². The van der Waals surface area contributed by atoms with Crippen molar-refractivity contribution < 1.29 is 14.3 Å². The van der Waals surface area contributed by atoms with Crippen molar-refractivity contribution in [1.29, 1.82) is 0 Å². The lowest BCUT2D eigenvalue weighted by Gasteiger charge is -2.17. The van der Waals surface area contributed by atoms with Gasteiger partial charge in [0, 0.05) is 0 Å². The van der Waals surface area contributed by atoms with E-state index >= 15 is 0 Å². The minimum atomic E-state index is -1.68. The Kier molecular flexibility index (Phi) is 3.96. The van der Waals surface area contributed by atoms with Gasteiger partial charge in [-0.3, -0.25) is 4.79 Å². The van der Waals surface area contributed by atoms with E-state index < -0.39 is 17.3 Å². The van der Waals surface area contributed by atoms with E-state index in [-0.39, 0.29) is 12.6 Å². The summed E-state index contributed by atoms with van der Waals surface area (Å²) in [6.07, 6.45) is 0. The number of carbonyl (C=O) groups is 2. The maximum Gasteiger partial charge on any atom is 0.343 e. The molecule has 0 bridgehead atoms. The number of H-pyrrole nitrogens is 1. The van der Waals surface area contributed by atoms with Gasteiger partial charge >= 0.3 is 11.9 Å². The Morgan fingerprint density at radius 1 is 1.53 bits per heavy atom. The van der Waals surface area contributed by atoms with Gasteiger partial charge in [-0.2, -0.15) is 10.3 Å². The second kappa shape index (κ2) is 5.23. The zero-order valence-electron chi connectivity index (χ0n) is 9.67. The molecule has 0 aliphatic rings. The van der Waals surface area contributed by atoms with Crippen LogP contribution in [0.15, 0.2) is 10.2 Å². The van der Waals surface area contributed by atoms with Gasteiger partial charge < -0.3 is 4.74 Å². The van der Waals surface area contributed by atoms with E-state index in [0.29, 0.717) is 0 Å². The maximum absolute atomic E-state index is 11.6. The number of carbonyl (C=O) groups excluding carboxylic acids is 2. The van der Waals surface area contributed by atoms with Crippen LogP contribution in [-0.4, -0.2) is 44.5 Å². The number of hydrogen-bond acceptors (Lipinski definition) is 8. The van der Waals surface area contributed by atoms with Crippen LogP contribution in [0.2, 0.25) is 0 Å². The van der Waals surface area contributed by atoms with Crippen molar-refractivity contribution in [3.8, 4) is 0 Å². The zero-order chi connectivity index (χ0) is 12.9. The van der Waals surface area contributed by atoms with Crippen molar-refractivity contribution in [3.63, 3.8) is 0 Å². The summed E-state index contributed by atoms with van der Waals surface area (Å²) in [5, 5.41) is 19.6. The second-order valence-electron chi connectivity index (χ2n) is 3.26. The Morgan fingerprint density at radius 2 is 2.24 bits per heavy atom. The van der Waals surface area contributed by atoms with Crippen molar-refractivity contribution in [3.05, 3.63) is 0 Å².